The molecule has 1 aliphatic heterocycles. The van der Waals surface area contributed by atoms with Crippen molar-refractivity contribution in [1.82, 2.24) is 15.6 Å². The van der Waals surface area contributed by atoms with E-state index in [9.17, 15) is 24.3 Å². The standard InChI is InChI=1S/C13H15N5O8S/c1-4-8(10(22)15-4)26-11(12(23)24)17-9(21)7(18-25-2-6(19)20)5-3-27-13(14)16-5/h3-4,8,11H,2H2,1H3,(H2,14,16)(H,15,22)(H,17,21)(H,19,20)(H,23,24)/b18-7-/t4-,8-,11-/m0/s1. The molecule has 3 atom stereocenters. The van der Waals surface area contributed by atoms with Crippen LogP contribution in [0.1, 0.15) is 12.6 Å². The fourth-order valence-corrected chi connectivity index (χ4v) is 2.48. The molecule has 1 aromatic heterocycles. The summed E-state index contributed by atoms with van der Waals surface area (Å²) in [6, 6.07) is -0.429. The zero-order chi connectivity index (χ0) is 20.1. The van der Waals surface area contributed by atoms with E-state index in [0.717, 1.165) is 11.3 Å². The second-order valence-corrected chi connectivity index (χ2v) is 6.11. The van der Waals surface area contributed by atoms with Gasteiger partial charge in [0.1, 0.15) is 5.69 Å². The van der Waals surface area contributed by atoms with Gasteiger partial charge in [0, 0.05) is 5.38 Å². The third-order valence-electron chi connectivity index (χ3n) is 3.18. The molecule has 13 nitrogen and oxygen atoms in total. The first-order valence-electron chi connectivity index (χ1n) is 7.31. The molecule has 0 radical (unpaired) electrons. The van der Waals surface area contributed by atoms with Gasteiger partial charge < -0.3 is 36.2 Å². The maximum absolute atomic E-state index is 12.4. The van der Waals surface area contributed by atoms with Crippen LogP contribution in [0.3, 0.4) is 0 Å². The van der Waals surface area contributed by atoms with E-state index in [2.05, 4.69) is 20.3 Å². The third kappa shape index (κ3) is 5.11. The number of nitrogens with two attached hydrogens (primary N) is 1. The predicted octanol–water partition coefficient (Wildman–Crippen LogP) is -2.04. The summed E-state index contributed by atoms with van der Waals surface area (Å²) in [4.78, 5) is 54.0. The molecule has 2 heterocycles. The Kier molecular flexibility index (Phi) is 6.25. The number of carboxylic acids is 2. The van der Waals surface area contributed by atoms with Gasteiger partial charge in [-0.25, -0.2) is 14.6 Å². The number of carboxylic acid groups (broad SMARTS) is 2. The Hall–Kier alpha value is -3.26. The van der Waals surface area contributed by atoms with Crippen LogP contribution in [0.25, 0.3) is 0 Å². The zero-order valence-electron chi connectivity index (χ0n) is 13.7. The lowest BCUT2D eigenvalue weighted by atomic mass is 10.0. The summed E-state index contributed by atoms with van der Waals surface area (Å²) in [5, 5.41) is 27.1. The number of anilines is 1. The first-order chi connectivity index (χ1) is 12.7. The summed E-state index contributed by atoms with van der Waals surface area (Å²) in [5.41, 5.74) is 4.92. The molecule has 1 saturated heterocycles. The Balaban J connectivity index is 2.15. The van der Waals surface area contributed by atoms with Gasteiger partial charge in [-0.15, -0.1) is 11.3 Å². The molecular formula is C13H15N5O8S. The van der Waals surface area contributed by atoms with Crippen molar-refractivity contribution in [3.8, 4) is 0 Å². The Morgan fingerprint density at radius 1 is 1.48 bits per heavy atom. The monoisotopic (exact) mass is 401 g/mol. The molecule has 0 aliphatic carbocycles. The molecule has 6 N–H and O–H groups in total. The van der Waals surface area contributed by atoms with Crippen molar-refractivity contribution in [2.45, 2.75) is 25.3 Å². The van der Waals surface area contributed by atoms with Gasteiger partial charge in [0.05, 0.1) is 6.04 Å². The molecule has 1 aliphatic rings. The Bertz CT molecular complexity index is 793. The Morgan fingerprint density at radius 3 is 2.67 bits per heavy atom. The molecule has 2 rings (SSSR count). The Labute approximate surface area is 155 Å². The molecule has 0 saturated carbocycles. The number of rotatable bonds is 9. The average Bonchev–Trinajstić information content (AvgIpc) is 3.00. The van der Waals surface area contributed by atoms with E-state index in [1.165, 1.54) is 5.38 Å². The predicted molar refractivity (Wildman–Crippen MR) is 88.7 cm³/mol. The van der Waals surface area contributed by atoms with Crippen LogP contribution in [0.5, 0.6) is 0 Å². The lowest BCUT2D eigenvalue weighted by Gasteiger charge is -2.35. The highest BCUT2D eigenvalue weighted by Gasteiger charge is 2.41. The molecule has 14 heteroatoms. The molecule has 2 amide bonds. The topological polar surface area (TPSA) is 203 Å². The van der Waals surface area contributed by atoms with Crippen molar-refractivity contribution in [3.05, 3.63) is 11.1 Å². The SMILES string of the molecule is C[C@@H]1NC(=O)[C@H]1O[C@H](NC(=O)/C(=N\OCC(=O)O)c1csc(N)n1)C(=O)O. The quantitative estimate of drug-likeness (QED) is 0.133. The number of hydrogen-bond acceptors (Lipinski definition) is 10. The number of carbonyl (C=O) groups is 4. The number of hydrogen-bond donors (Lipinski definition) is 5. The number of aliphatic carboxylic acids is 2. The normalized spacial score (nSPS) is 20.2. The highest BCUT2D eigenvalue weighted by molar-refractivity contribution is 7.13. The fraction of sp³-hybridized carbons (Fsp3) is 0.385. The fourth-order valence-electron chi connectivity index (χ4n) is 1.93. The van der Waals surface area contributed by atoms with Crippen LogP contribution >= 0.6 is 11.3 Å². The van der Waals surface area contributed by atoms with E-state index in [0.29, 0.717) is 0 Å². The number of nitrogen functional groups attached to an aromatic ring is 1. The summed E-state index contributed by atoms with van der Waals surface area (Å²) < 4.78 is 5.10. The average molecular weight is 401 g/mol. The van der Waals surface area contributed by atoms with Gasteiger partial charge >= 0.3 is 11.9 Å². The van der Waals surface area contributed by atoms with Gasteiger partial charge in [0.15, 0.2) is 16.9 Å². The van der Waals surface area contributed by atoms with E-state index in [-0.39, 0.29) is 10.8 Å². The van der Waals surface area contributed by atoms with Crippen molar-refractivity contribution in [3.63, 3.8) is 0 Å². The van der Waals surface area contributed by atoms with Crippen LogP contribution in [0.4, 0.5) is 5.13 Å². The first-order valence-corrected chi connectivity index (χ1v) is 8.19. The molecule has 0 spiro atoms. The second-order valence-electron chi connectivity index (χ2n) is 5.22. The molecular weight excluding hydrogens is 386 g/mol. The van der Waals surface area contributed by atoms with E-state index in [1.54, 1.807) is 6.92 Å². The molecule has 1 fully saturated rings. The van der Waals surface area contributed by atoms with Crippen LogP contribution in [0, 0.1) is 0 Å². The van der Waals surface area contributed by atoms with Gasteiger partial charge in [-0.2, -0.15) is 0 Å². The van der Waals surface area contributed by atoms with Crippen molar-refractivity contribution in [1.29, 1.82) is 0 Å². The van der Waals surface area contributed by atoms with Crippen molar-refractivity contribution in [2.24, 2.45) is 5.16 Å². The van der Waals surface area contributed by atoms with Gasteiger partial charge in [0.2, 0.25) is 12.8 Å². The second kappa shape index (κ2) is 8.41. The van der Waals surface area contributed by atoms with E-state index in [4.69, 9.17) is 15.6 Å². The van der Waals surface area contributed by atoms with Crippen LogP contribution in [0.2, 0.25) is 0 Å². The maximum Gasteiger partial charge on any atom is 0.354 e. The van der Waals surface area contributed by atoms with Crippen LogP contribution < -0.4 is 16.4 Å². The van der Waals surface area contributed by atoms with Gasteiger partial charge in [0.25, 0.3) is 11.8 Å². The smallest absolute Gasteiger partial charge is 0.354 e. The number of oxime groups is 1. The summed E-state index contributed by atoms with van der Waals surface area (Å²) in [5.74, 6) is -4.49. The van der Waals surface area contributed by atoms with Crippen LogP contribution in [-0.4, -0.2) is 69.6 Å². The van der Waals surface area contributed by atoms with Crippen molar-refractivity contribution >= 4 is 45.9 Å². The number of nitrogens with zero attached hydrogens (tertiary/aromatic N) is 2. The zero-order valence-corrected chi connectivity index (χ0v) is 14.6. The van der Waals surface area contributed by atoms with Gasteiger partial charge in [-0.05, 0) is 6.92 Å². The molecule has 0 aromatic carbocycles. The van der Waals surface area contributed by atoms with Crippen molar-refractivity contribution in [2.75, 3.05) is 12.3 Å². The number of thiazole rings is 1. The first kappa shape index (κ1) is 20.1. The lowest BCUT2D eigenvalue weighted by Crippen LogP contribution is -2.64. The number of ether oxygens (including phenoxy) is 1. The minimum absolute atomic E-state index is 0.0562. The minimum Gasteiger partial charge on any atom is -0.479 e. The maximum atomic E-state index is 12.4. The molecule has 27 heavy (non-hydrogen) atoms. The van der Waals surface area contributed by atoms with E-state index >= 15 is 0 Å². The highest BCUT2D eigenvalue weighted by atomic mass is 32.1. The molecule has 0 bridgehead atoms. The lowest BCUT2D eigenvalue weighted by molar-refractivity contribution is -0.171. The number of aromatic nitrogens is 1. The molecule has 1 aromatic rings. The largest absolute Gasteiger partial charge is 0.479 e. The van der Waals surface area contributed by atoms with E-state index in [1.807, 2.05) is 5.32 Å². The summed E-state index contributed by atoms with van der Waals surface area (Å²) >= 11 is 0.973. The Morgan fingerprint density at radius 2 is 2.19 bits per heavy atom. The highest BCUT2D eigenvalue weighted by Crippen LogP contribution is 2.14. The summed E-state index contributed by atoms with van der Waals surface area (Å²) in [7, 11) is 0. The molecule has 146 valence electrons. The summed E-state index contributed by atoms with van der Waals surface area (Å²) in [6.07, 6.45) is -2.92. The number of nitrogens with one attached hydrogen (secondary N) is 2. The number of β-lactam (4-membered cyclic amide) rings is 1. The summed E-state index contributed by atoms with van der Waals surface area (Å²) in [6.45, 7) is 0.756. The van der Waals surface area contributed by atoms with E-state index < -0.39 is 54.4 Å². The van der Waals surface area contributed by atoms with Gasteiger partial charge in [-0.3, -0.25) is 9.59 Å². The number of carbonyl (C=O) groups excluding carboxylic acids is 2. The minimum atomic E-state index is -1.86. The van der Waals surface area contributed by atoms with Crippen molar-refractivity contribution < 1.29 is 39.0 Å². The van der Waals surface area contributed by atoms with Gasteiger partial charge in [-0.1, -0.05) is 5.16 Å². The van der Waals surface area contributed by atoms with Crippen LogP contribution in [-0.2, 0) is 28.8 Å². The van der Waals surface area contributed by atoms with Crippen LogP contribution in [0.15, 0.2) is 10.5 Å². The third-order valence-corrected chi connectivity index (χ3v) is 3.85. The number of amides is 2. The molecule has 0 unspecified atom stereocenters.